The van der Waals surface area contributed by atoms with E-state index < -0.39 is 12.0 Å². The van der Waals surface area contributed by atoms with Gasteiger partial charge in [0.05, 0.1) is 6.04 Å². The van der Waals surface area contributed by atoms with Crippen molar-refractivity contribution in [3.05, 3.63) is 5.82 Å². The molecule has 13 heavy (non-hydrogen) atoms. The van der Waals surface area contributed by atoms with Crippen molar-refractivity contribution in [3.63, 3.8) is 0 Å². The molecule has 0 aromatic carbocycles. The quantitative estimate of drug-likeness (QED) is 0.719. The number of tetrazole rings is 1. The van der Waals surface area contributed by atoms with Gasteiger partial charge in [-0.1, -0.05) is 6.92 Å². The molecule has 0 aliphatic heterocycles. The minimum atomic E-state index is -4.51. The second-order valence-corrected chi connectivity index (χ2v) is 2.69. The zero-order chi connectivity index (χ0) is 10.1. The van der Waals surface area contributed by atoms with Crippen LogP contribution in [-0.2, 0) is 6.18 Å². The fraction of sp³-hybridized carbons (Fsp3) is 0.833. The SMILES string of the molecule is CCC(C)n1nnc(C(F)(F)F)n1. The molecule has 0 bridgehead atoms. The van der Waals surface area contributed by atoms with Gasteiger partial charge < -0.3 is 0 Å². The van der Waals surface area contributed by atoms with Crippen LogP contribution in [0, 0.1) is 0 Å². The van der Waals surface area contributed by atoms with Crippen LogP contribution in [0.25, 0.3) is 0 Å². The largest absolute Gasteiger partial charge is 0.455 e. The van der Waals surface area contributed by atoms with E-state index in [9.17, 15) is 13.2 Å². The summed E-state index contributed by atoms with van der Waals surface area (Å²) in [5.74, 6) is -1.19. The van der Waals surface area contributed by atoms with Crippen molar-refractivity contribution in [2.45, 2.75) is 32.5 Å². The lowest BCUT2D eigenvalue weighted by molar-refractivity contribution is -0.145. The molecule has 0 saturated carbocycles. The first-order chi connectivity index (χ1) is 5.95. The van der Waals surface area contributed by atoms with Crippen molar-refractivity contribution in [2.24, 2.45) is 0 Å². The number of alkyl halides is 3. The Kier molecular flexibility index (Phi) is 2.53. The highest BCUT2D eigenvalue weighted by molar-refractivity contribution is 4.83. The van der Waals surface area contributed by atoms with Gasteiger partial charge in [0.1, 0.15) is 0 Å². The second kappa shape index (κ2) is 3.31. The van der Waals surface area contributed by atoms with Gasteiger partial charge in [0.15, 0.2) is 0 Å². The second-order valence-electron chi connectivity index (χ2n) is 2.69. The normalized spacial score (nSPS) is 14.5. The van der Waals surface area contributed by atoms with E-state index in [0.29, 0.717) is 6.42 Å². The predicted molar refractivity (Wildman–Crippen MR) is 37.8 cm³/mol. The first kappa shape index (κ1) is 9.94. The number of hydrogen-bond donors (Lipinski definition) is 0. The summed E-state index contributed by atoms with van der Waals surface area (Å²) in [4.78, 5) is 0.975. The van der Waals surface area contributed by atoms with Gasteiger partial charge >= 0.3 is 6.18 Å². The van der Waals surface area contributed by atoms with Crippen LogP contribution < -0.4 is 0 Å². The summed E-state index contributed by atoms with van der Waals surface area (Å²) < 4.78 is 36.0. The molecule has 1 unspecified atom stereocenters. The smallest absolute Gasteiger partial charge is 0.163 e. The van der Waals surface area contributed by atoms with E-state index in [0.717, 1.165) is 4.80 Å². The van der Waals surface area contributed by atoms with Gasteiger partial charge in [-0.3, -0.25) is 0 Å². The molecule has 1 aromatic heterocycles. The van der Waals surface area contributed by atoms with Crippen LogP contribution >= 0.6 is 0 Å². The maximum Gasteiger partial charge on any atom is 0.455 e. The van der Waals surface area contributed by atoms with E-state index in [1.54, 1.807) is 6.92 Å². The fourth-order valence-electron chi connectivity index (χ4n) is 0.689. The minimum Gasteiger partial charge on any atom is -0.163 e. The summed E-state index contributed by atoms with van der Waals surface area (Å²) >= 11 is 0. The van der Waals surface area contributed by atoms with Gasteiger partial charge in [-0.2, -0.15) is 18.0 Å². The molecular weight excluding hydrogens is 185 g/mol. The Labute approximate surface area is 72.7 Å². The van der Waals surface area contributed by atoms with E-state index in [1.807, 2.05) is 6.92 Å². The lowest BCUT2D eigenvalue weighted by atomic mass is 10.3. The van der Waals surface area contributed by atoms with Gasteiger partial charge in [0.25, 0.3) is 5.82 Å². The molecule has 7 heteroatoms. The fourth-order valence-corrected chi connectivity index (χ4v) is 0.689. The molecule has 0 aliphatic rings. The molecule has 0 amide bonds. The average molecular weight is 194 g/mol. The highest BCUT2D eigenvalue weighted by Gasteiger charge is 2.37. The van der Waals surface area contributed by atoms with E-state index in [4.69, 9.17) is 0 Å². The molecule has 0 aliphatic carbocycles. The highest BCUT2D eigenvalue weighted by Crippen LogP contribution is 2.25. The molecule has 0 fully saturated rings. The summed E-state index contributed by atoms with van der Waals surface area (Å²) in [7, 11) is 0. The number of nitrogens with zero attached hydrogens (tertiary/aromatic N) is 4. The van der Waals surface area contributed by atoms with Crippen LogP contribution in [-0.4, -0.2) is 20.2 Å². The number of rotatable bonds is 2. The summed E-state index contributed by atoms with van der Waals surface area (Å²) in [6.45, 7) is 3.56. The van der Waals surface area contributed by atoms with Crippen molar-refractivity contribution in [3.8, 4) is 0 Å². The molecule has 1 aromatic rings. The van der Waals surface area contributed by atoms with Crippen LogP contribution in [0.1, 0.15) is 32.1 Å². The van der Waals surface area contributed by atoms with Gasteiger partial charge in [-0.25, -0.2) is 0 Å². The van der Waals surface area contributed by atoms with Crippen molar-refractivity contribution in [2.75, 3.05) is 0 Å². The number of hydrogen-bond acceptors (Lipinski definition) is 3. The molecule has 1 atom stereocenters. The average Bonchev–Trinajstić information content (AvgIpc) is 2.50. The van der Waals surface area contributed by atoms with Crippen molar-refractivity contribution < 1.29 is 13.2 Å². The van der Waals surface area contributed by atoms with Gasteiger partial charge in [-0.05, 0) is 18.6 Å². The molecule has 4 nitrogen and oxygen atoms in total. The van der Waals surface area contributed by atoms with Crippen LogP contribution in [0.3, 0.4) is 0 Å². The van der Waals surface area contributed by atoms with Crippen molar-refractivity contribution in [1.82, 2.24) is 20.2 Å². The van der Waals surface area contributed by atoms with Crippen LogP contribution in [0.5, 0.6) is 0 Å². The Hall–Kier alpha value is -1.14. The Morgan fingerprint density at radius 2 is 2.08 bits per heavy atom. The maximum atomic E-state index is 12.0. The summed E-state index contributed by atoms with van der Waals surface area (Å²) in [6.07, 6.45) is -3.85. The third-order valence-electron chi connectivity index (χ3n) is 1.67. The van der Waals surface area contributed by atoms with Gasteiger partial charge in [-0.15, -0.1) is 10.2 Å². The van der Waals surface area contributed by atoms with Crippen LogP contribution in [0.15, 0.2) is 0 Å². The molecule has 1 rings (SSSR count). The first-order valence-electron chi connectivity index (χ1n) is 3.82. The maximum absolute atomic E-state index is 12.0. The van der Waals surface area contributed by atoms with Crippen LogP contribution in [0.4, 0.5) is 13.2 Å². The highest BCUT2D eigenvalue weighted by atomic mass is 19.4. The van der Waals surface area contributed by atoms with E-state index >= 15 is 0 Å². The van der Waals surface area contributed by atoms with E-state index in [1.165, 1.54) is 0 Å². The van der Waals surface area contributed by atoms with Crippen LogP contribution in [0.2, 0.25) is 0 Å². The Morgan fingerprint density at radius 3 is 2.46 bits per heavy atom. The number of aromatic nitrogens is 4. The zero-order valence-corrected chi connectivity index (χ0v) is 7.21. The first-order valence-corrected chi connectivity index (χ1v) is 3.82. The lowest BCUT2D eigenvalue weighted by Crippen LogP contribution is -2.11. The van der Waals surface area contributed by atoms with Crippen molar-refractivity contribution in [1.29, 1.82) is 0 Å². The molecule has 0 saturated heterocycles. The minimum absolute atomic E-state index is 0.163. The third kappa shape index (κ3) is 2.16. The third-order valence-corrected chi connectivity index (χ3v) is 1.67. The summed E-state index contributed by atoms with van der Waals surface area (Å²) in [5, 5.41) is 9.44. The molecule has 1 heterocycles. The Bertz CT molecular complexity index is 280. The molecule has 0 spiro atoms. The van der Waals surface area contributed by atoms with Crippen molar-refractivity contribution >= 4 is 0 Å². The number of halogens is 3. The molecule has 0 N–H and O–H groups in total. The Morgan fingerprint density at radius 1 is 1.46 bits per heavy atom. The zero-order valence-electron chi connectivity index (χ0n) is 7.21. The van der Waals surface area contributed by atoms with Gasteiger partial charge in [0.2, 0.25) is 0 Å². The van der Waals surface area contributed by atoms with E-state index in [-0.39, 0.29) is 6.04 Å². The Balaban J connectivity index is 2.87. The standard InChI is InChI=1S/C6H9F3N4/c1-3-4(2)13-11-5(10-12-13)6(7,8)9/h4H,3H2,1-2H3. The van der Waals surface area contributed by atoms with E-state index in [2.05, 4.69) is 15.4 Å². The lowest BCUT2D eigenvalue weighted by Gasteiger charge is -2.04. The molecule has 0 radical (unpaired) electrons. The molecular formula is C6H9F3N4. The molecule has 74 valence electrons. The van der Waals surface area contributed by atoms with Gasteiger partial charge in [0, 0.05) is 0 Å². The predicted octanol–water partition coefficient (Wildman–Crippen LogP) is 1.66. The monoisotopic (exact) mass is 194 g/mol. The topological polar surface area (TPSA) is 43.6 Å². The summed E-state index contributed by atoms with van der Waals surface area (Å²) in [5.41, 5.74) is 0. The summed E-state index contributed by atoms with van der Waals surface area (Å²) in [6, 6.07) is -0.163.